The summed E-state index contributed by atoms with van der Waals surface area (Å²) in [5, 5.41) is 0.245. The van der Waals surface area contributed by atoms with Gasteiger partial charge in [0, 0.05) is 56.3 Å². The minimum atomic E-state index is -0.973. The number of ether oxygens (including phenoxy) is 4. The number of hydrogen-bond donors (Lipinski definition) is 0. The molecule has 67 heavy (non-hydrogen) atoms. The van der Waals surface area contributed by atoms with Crippen LogP contribution in [0.15, 0.2) is 54.6 Å². The fourth-order valence-corrected chi connectivity index (χ4v) is 11.4. The predicted molar refractivity (Wildman–Crippen MR) is 249 cm³/mol. The van der Waals surface area contributed by atoms with Gasteiger partial charge in [-0.1, -0.05) is 45.0 Å². The Labute approximate surface area is 389 Å². The van der Waals surface area contributed by atoms with Crippen molar-refractivity contribution < 1.29 is 36.9 Å². The lowest BCUT2D eigenvalue weighted by Gasteiger charge is -2.48. The zero-order valence-corrected chi connectivity index (χ0v) is 39.3. The van der Waals surface area contributed by atoms with Gasteiger partial charge in [0.25, 0.3) is 0 Å². The number of carbonyl (C=O) groups is 1. The molecule has 4 fully saturated rings. The molecule has 3 aromatic heterocycles. The summed E-state index contributed by atoms with van der Waals surface area (Å²) in [6.07, 6.45) is 2.43. The summed E-state index contributed by atoms with van der Waals surface area (Å²) in [5.41, 5.74) is 0.896. The molecule has 2 bridgehead atoms. The van der Waals surface area contributed by atoms with Crippen LogP contribution in [0.4, 0.5) is 24.8 Å². The van der Waals surface area contributed by atoms with Gasteiger partial charge in [0.05, 0.1) is 31.8 Å². The monoisotopic (exact) mass is 920 g/mol. The average molecular weight is 921 g/mol. The molecular weight excluding hydrogens is 862 g/mol. The highest BCUT2D eigenvalue weighted by molar-refractivity contribution is 5.97. The van der Waals surface area contributed by atoms with Crippen LogP contribution in [0.3, 0.4) is 0 Å². The molecule has 16 heteroatoms. The highest BCUT2D eigenvalue weighted by Gasteiger charge is 2.54. The van der Waals surface area contributed by atoms with Crippen molar-refractivity contribution in [2.45, 2.75) is 122 Å². The molecular formula is C51H59F3N8O5. The van der Waals surface area contributed by atoms with Crippen LogP contribution in [0.2, 0.25) is 0 Å². The van der Waals surface area contributed by atoms with Crippen LogP contribution >= 0.6 is 0 Å². The normalized spacial score (nSPS) is 24.3. The maximum Gasteiger partial charge on any atom is 0.319 e. The highest BCUT2D eigenvalue weighted by Crippen LogP contribution is 2.48. The summed E-state index contributed by atoms with van der Waals surface area (Å²) in [6.45, 7) is 12.1. The maximum atomic E-state index is 17.9. The molecule has 0 aliphatic carbocycles. The summed E-state index contributed by atoms with van der Waals surface area (Å²) in [5.74, 6) is 0.256. The Hall–Kier alpha value is -5.90. The largest absolute Gasteiger partial charge is 0.497 e. The van der Waals surface area contributed by atoms with E-state index in [1.807, 2.05) is 65.3 Å². The van der Waals surface area contributed by atoms with Crippen LogP contribution in [-0.2, 0) is 17.9 Å². The Balaban J connectivity index is 1.09. The molecule has 6 atom stereocenters. The molecule has 13 nitrogen and oxygen atoms in total. The van der Waals surface area contributed by atoms with Gasteiger partial charge < -0.3 is 33.6 Å². The first-order valence-electron chi connectivity index (χ1n) is 23.5. The van der Waals surface area contributed by atoms with E-state index in [1.54, 1.807) is 21.1 Å². The number of anilines is 2. The van der Waals surface area contributed by atoms with Gasteiger partial charge in [-0.3, -0.25) is 9.69 Å². The number of aryl methyl sites for hydroxylation is 1. The molecule has 8 heterocycles. The lowest BCUT2D eigenvalue weighted by molar-refractivity contribution is -0.138. The van der Waals surface area contributed by atoms with E-state index in [0.29, 0.717) is 48.9 Å². The molecule has 354 valence electrons. The number of rotatable bonds is 12. The molecule has 2 aromatic carbocycles. The van der Waals surface area contributed by atoms with Crippen molar-refractivity contribution in [3.8, 4) is 34.6 Å². The molecule has 10 rings (SSSR count). The third-order valence-electron chi connectivity index (χ3n) is 14.4. The Bertz CT molecular complexity index is 2640. The van der Waals surface area contributed by atoms with E-state index in [1.165, 1.54) is 6.07 Å². The molecule has 1 amide bonds. The summed E-state index contributed by atoms with van der Waals surface area (Å²) < 4.78 is 74.5. The van der Waals surface area contributed by atoms with Crippen molar-refractivity contribution in [2.24, 2.45) is 5.41 Å². The second kappa shape index (κ2) is 17.3. The lowest BCUT2D eigenvalue weighted by Crippen LogP contribution is -2.65. The fraction of sp³-hybridized carbons (Fsp3) is 0.510. The molecule has 1 unspecified atom stereocenters. The molecule has 0 spiro atoms. The lowest BCUT2D eigenvalue weighted by atomic mass is 9.90. The number of benzene rings is 2. The summed E-state index contributed by atoms with van der Waals surface area (Å²) in [4.78, 5) is 41.5. The van der Waals surface area contributed by atoms with Crippen LogP contribution in [0.5, 0.6) is 23.4 Å². The fourth-order valence-electron chi connectivity index (χ4n) is 11.4. The van der Waals surface area contributed by atoms with Crippen LogP contribution in [0, 0.1) is 24.0 Å². The molecule has 5 aromatic rings. The third kappa shape index (κ3) is 8.33. The topological polar surface area (TPSA) is 119 Å². The standard InChI is InChI=1S/C51H59F3N8O5/c1-29-21-37(41(53)47(55-29)59(24-31-9-14-35(64-6)15-10-31)25-32-11-16-36(65-7)17-12-32)43-42(54)44-40-46(58-49(57-44)66-28-51-19-8-20-60(51)26-33(52)22-51)61-27-34-13-18-38(45(61)30(2)67-48(40)56-43)62(34)39(63)23-50(3,4)5/h9-12,14-17,21,30,33-34,38,45H,8,13,18-20,22-28H2,1-7H3/t30-,33+,34+,38-,45+,51?/m0/s1. The van der Waals surface area contributed by atoms with Crippen molar-refractivity contribution in [1.82, 2.24) is 29.7 Å². The number of halogens is 3. The number of piperazine rings is 1. The van der Waals surface area contributed by atoms with Gasteiger partial charge in [-0.25, -0.2) is 23.1 Å². The SMILES string of the molecule is COc1ccc(CN(Cc2ccc(OC)cc2)c2nc(C)cc(-c3nc4c5c(nc(OCC67CCCN6C[C@H](F)C7)nc5c3F)N3C[C@H]5CC[C@@H]([C@H]3[C@H](C)O4)N5C(=O)CC(C)(C)C)c2F)cc1. The van der Waals surface area contributed by atoms with E-state index in [2.05, 4.69) is 30.6 Å². The Morgan fingerprint density at radius 2 is 1.61 bits per heavy atom. The number of amides is 1. The summed E-state index contributed by atoms with van der Waals surface area (Å²) in [6, 6.07) is 15.7. The van der Waals surface area contributed by atoms with Crippen molar-refractivity contribution in [3.05, 3.63) is 83.1 Å². The number of pyridine rings is 2. The minimum absolute atomic E-state index is 0.00626. The first kappa shape index (κ1) is 44.9. The summed E-state index contributed by atoms with van der Waals surface area (Å²) >= 11 is 0. The number of hydrogen-bond acceptors (Lipinski definition) is 12. The molecule has 0 radical (unpaired) electrons. The second-order valence-corrected chi connectivity index (χ2v) is 20.3. The molecule has 4 saturated heterocycles. The van der Waals surface area contributed by atoms with E-state index < -0.39 is 29.4 Å². The van der Waals surface area contributed by atoms with E-state index >= 15 is 8.78 Å². The summed E-state index contributed by atoms with van der Waals surface area (Å²) in [7, 11) is 3.20. The van der Waals surface area contributed by atoms with Crippen molar-refractivity contribution in [2.75, 3.05) is 50.3 Å². The van der Waals surface area contributed by atoms with Crippen molar-refractivity contribution in [3.63, 3.8) is 0 Å². The quantitative estimate of drug-likeness (QED) is 0.119. The van der Waals surface area contributed by atoms with Gasteiger partial charge in [0.2, 0.25) is 11.8 Å². The van der Waals surface area contributed by atoms with Gasteiger partial charge in [-0.05, 0) is 92.9 Å². The molecule has 0 saturated carbocycles. The van der Waals surface area contributed by atoms with Gasteiger partial charge >= 0.3 is 6.01 Å². The zero-order valence-electron chi connectivity index (χ0n) is 39.3. The number of carbonyl (C=O) groups excluding carboxylic acids is 1. The third-order valence-corrected chi connectivity index (χ3v) is 14.4. The number of nitrogens with zero attached hydrogens (tertiary/aromatic N) is 8. The van der Waals surface area contributed by atoms with Gasteiger partial charge in [0.1, 0.15) is 52.8 Å². The van der Waals surface area contributed by atoms with E-state index in [0.717, 1.165) is 43.4 Å². The van der Waals surface area contributed by atoms with Crippen molar-refractivity contribution in [1.29, 1.82) is 0 Å². The first-order chi connectivity index (χ1) is 32.1. The van der Waals surface area contributed by atoms with Gasteiger partial charge in [-0.2, -0.15) is 9.97 Å². The van der Waals surface area contributed by atoms with Crippen LogP contribution in [-0.4, -0.2) is 112 Å². The Morgan fingerprint density at radius 3 is 2.27 bits per heavy atom. The average Bonchev–Trinajstić information content (AvgIpc) is 3.91. The van der Waals surface area contributed by atoms with Gasteiger partial charge in [0.15, 0.2) is 17.5 Å². The number of alkyl halides is 1. The van der Waals surface area contributed by atoms with E-state index in [9.17, 15) is 9.18 Å². The first-order valence-corrected chi connectivity index (χ1v) is 23.5. The van der Waals surface area contributed by atoms with Crippen LogP contribution in [0.1, 0.15) is 83.0 Å². The van der Waals surface area contributed by atoms with Crippen LogP contribution < -0.4 is 28.7 Å². The van der Waals surface area contributed by atoms with Crippen molar-refractivity contribution >= 4 is 28.4 Å². The minimum Gasteiger partial charge on any atom is -0.497 e. The second-order valence-electron chi connectivity index (χ2n) is 20.3. The highest BCUT2D eigenvalue weighted by atomic mass is 19.1. The molecule has 5 aliphatic rings. The molecule has 0 N–H and O–H groups in total. The van der Waals surface area contributed by atoms with E-state index in [4.69, 9.17) is 38.9 Å². The van der Waals surface area contributed by atoms with Crippen LogP contribution in [0.25, 0.3) is 22.2 Å². The number of fused-ring (bicyclic) bond motifs is 6. The van der Waals surface area contributed by atoms with E-state index in [-0.39, 0.29) is 89.0 Å². The number of methoxy groups -OCH3 is 2. The smallest absolute Gasteiger partial charge is 0.319 e. The Kier molecular flexibility index (Phi) is 11.6. The maximum absolute atomic E-state index is 17.9. The molecule has 5 aliphatic heterocycles. The number of aromatic nitrogens is 4. The predicted octanol–water partition coefficient (Wildman–Crippen LogP) is 8.62. The van der Waals surface area contributed by atoms with Gasteiger partial charge in [-0.15, -0.1) is 0 Å². The zero-order chi connectivity index (χ0) is 46.9. The Morgan fingerprint density at radius 1 is 0.925 bits per heavy atom.